The third kappa shape index (κ3) is 7.24. The third-order valence-electron chi connectivity index (χ3n) is 3.61. The van der Waals surface area contributed by atoms with E-state index in [9.17, 15) is 19.5 Å². The summed E-state index contributed by atoms with van der Waals surface area (Å²) < 4.78 is 5.09. The number of aliphatic carboxylic acids is 1. The van der Waals surface area contributed by atoms with Crippen LogP contribution in [0.2, 0.25) is 0 Å². The number of carbonyl (C=O) groups excluding carboxylic acids is 2. The molecule has 2 atom stereocenters. The Morgan fingerprint density at radius 2 is 1.68 bits per heavy atom. The number of carboxylic acids is 1. The van der Waals surface area contributed by atoms with Crippen LogP contribution in [0.5, 0.6) is 5.75 Å². The lowest BCUT2D eigenvalue weighted by Crippen LogP contribution is -2.52. The Morgan fingerprint density at radius 1 is 1.08 bits per heavy atom. The summed E-state index contributed by atoms with van der Waals surface area (Å²) in [6.45, 7) is 5.08. The van der Waals surface area contributed by atoms with Crippen LogP contribution in [-0.2, 0) is 20.8 Å². The highest BCUT2D eigenvalue weighted by atomic mass is 16.5. The van der Waals surface area contributed by atoms with E-state index in [1.165, 1.54) is 6.92 Å². The van der Waals surface area contributed by atoms with Crippen molar-refractivity contribution < 1.29 is 24.2 Å². The van der Waals surface area contributed by atoms with Gasteiger partial charge in [-0.25, -0.2) is 4.79 Å². The first-order valence-corrected chi connectivity index (χ1v) is 8.16. The summed E-state index contributed by atoms with van der Waals surface area (Å²) in [7, 11) is 1.56. The summed E-state index contributed by atoms with van der Waals surface area (Å²) in [5.74, 6) is -1.16. The first-order valence-electron chi connectivity index (χ1n) is 8.16. The van der Waals surface area contributed by atoms with E-state index in [0.29, 0.717) is 12.2 Å². The van der Waals surface area contributed by atoms with Crippen LogP contribution in [0.25, 0.3) is 0 Å². The summed E-state index contributed by atoms with van der Waals surface area (Å²) in [5.41, 5.74) is 0.824. The quantitative estimate of drug-likeness (QED) is 0.624. The van der Waals surface area contributed by atoms with E-state index < -0.39 is 24.0 Å². The van der Waals surface area contributed by atoms with Gasteiger partial charge in [-0.1, -0.05) is 26.0 Å². The van der Waals surface area contributed by atoms with Crippen molar-refractivity contribution in [3.05, 3.63) is 29.8 Å². The molecule has 0 aliphatic heterocycles. The molecule has 0 bridgehead atoms. The van der Waals surface area contributed by atoms with E-state index in [-0.39, 0.29) is 18.2 Å². The van der Waals surface area contributed by atoms with E-state index >= 15 is 0 Å². The average Bonchev–Trinajstić information content (AvgIpc) is 2.53. The molecule has 1 rings (SSSR count). The summed E-state index contributed by atoms with van der Waals surface area (Å²) in [6.07, 6.45) is 0.569. The number of hydrogen-bond donors (Lipinski definition) is 3. The Morgan fingerprint density at radius 3 is 2.12 bits per heavy atom. The number of carbonyl (C=O) groups is 3. The Kier molecular flexibility index (Phi) is 7.91. The Labute approximate surface area is 147 Å². The Balaban J connectivity index is 2.86. The minimum Gasteiger partial charge on any atom is -0.497 e. The predicted octanol–water partition coefficient (Wildman–Crippen LogP) is 1.36. The molecule has 7 nitrogen and oxygen atoms in total. The zero-order valence-electron chi connectivity index (χ0n) is 15.0. The van der Waals surface area contributed by atoms with Crippen molar-refractivity contribution >= 4 is 17.8 Å². The first-order chi connectivity index (χ1) is 11.7. The van der Waals surface area contributed by atoms with Crippen LogP contribution in [0.1, 0.15) is 32.8 Å². The van der Waals surface area contributed by atoms with Crippen molar-refractivity contribution in [3.63, 3.8) is 0 Å². The molecule has 1 aromatic carbocycles. The molecule has 0 fully saturated rings. The van der Waals surface area contributed by atoms with E-state index in [4.69, 9.17) is 4.74 Å². The van der Waals surface area contributed by atoms with Crippen molar-refractivity contribution in [2.45, 2.75) is 45.7 Å². The van der Waals surface area contributed by atoms with Crippen molar-refractivity contribution in [2.24, 2.45) is 5.92 Å². The zero-order chi connectivity index (χ0) is 19.0. The van der Waals surface area contributed by atoms with Gasteiger partial charge in [-0.15, -0.1) is 0 Å². The summed E-state index contributed by atoms with van der Waals surface area (Å²) in [4.78, 5) is 35.2. The van der Waals surface area contributed by atoms with E-state index in [2.05, 4.69) is 10.6 Å². The van der Waals surface area contributed by atoms with Gasteiger partial charge in [0, 0.05) is 13.3 Å². The van der Waals surface area contributed by atoms with Gasteiger partial charge in [0.2, 0.25) is 11.8 Å². The topological polar surface area (TPSA) is 105 Å². The fraction of sp³-hybridized carbons (Fsp3) is 0.500. The molecule has 0 unspecified atom stereocenters. The fourth-order valence-corrected chi connectivity index (χ4v) is 2.42. The monoisotopic (exact) mass is 350 g/mol. The van der Waals surface area contributed by atoms with Gasteiger partial charge in [-0.3, -0.25) is 9.59 Å². The second kappa shape index (κ2) is 9.66. The van der Waals surface area contributed by atoms with E-state index in [0.717, 1.165) is 5.56 Å². The maximum absolute atomic E-state index is 12.5. The molecule has 1 aromatic rings. The van der Waals surface area contributed by atoms with Gasteiger partial charge < -0.3 is 20.5 Å². The van der Waals surface area contributed by atoms with Crippen LogP contribution in [0.3, 0.4) is 0 Å². The molecular weight excluding hydrogens is 324 g/mol. The molecule has 0 radical (unpaired) electrons. The van der Waals surface area contributed by atoms with Crippen molar-refractivity contribution in [1.82, 2.24) is 10.6 Å². The van der Waals surface area contributed by atoms with Crippen LogP contribution in [0, 0.1) is 5.92 Å². The van der Waals surface area contributed by atoms with Crippen LogP contribution in [0.4, 0.5) is 0 Å². The largest absolute Gasteiger partial charge is 0.497 e. The van der Waals surface area contributed by atoms with Crippen LogP contribution >= 0.6 is 0 Å². The Hall–Kier alpha value is -2.57. The maximum atomic E-state index is 12.5. The van der Waals surface area contributed by atoms with Gasteiger partial charge in [-0.05, 0) is 30.0 Å². The first kappa shape index (κ1) is 20.5. The minimum absolute atomic E-state index is 0.113. The van der Waals surface area contributed by atoms with Crippen LogP contribution in [0.15, 0.2) is 24.3 Å². The molecule has 2 amide bonds. The molecule has 0 saturated heterocycles. The molecule has 25 heavy (non-hydrogen) atoms. The molecular formula is C18H26N2O5. The molecule has 3 N–H and O–H groups in total. The molecule has 7 heteroatoms. The summed E-state index contributed by atoms with van der Waals surface area (Å²) in [6, 6.07) is 5.28. The number of carboxylic acid groups (broad SMARTS) is 1. The van der Waals surface area contributed by atoms with Crippen molar-refractivity contribution in [3.8, 4) is 5.75 Å². The number of benzene rings is 1. The second-order valence-corrected chi connectivity index (χ2v) is 6.33. The molecule has 138 valence electrons. The lowest BCUT2D eigenvalue weighted by molar-refractivity contribution is -0.142. The average molecular weight is 350 g/mol. The SMILES string of the molecule is COc1ccc(C[C@H](NC(C)=O)C(=O)N[C@@H](CC(C)C)C(=O)O)cc1. The van der Waals surface area contributed by atoms with Gasteiger partial charge in [0.25, 0.3) is 0 Å². The highest BCUT2D eigenvalue weighted by Gasteiger charge is 2.26. The standard InChI is InChI=1S/C18H26N2O5/c1-11(2)9-16(18(23)24)20-17(22)15(19-12(3)21)10-13-5-7-14(25-4)8-6-13/h5-8,11,15-16H,9-10H2,1-4H3,(H,19,21)(H,20,22)(H,23,24)/t15-,16-/m0/s1. The number of methoxy groups -OCH3 is 1. The van der Waals surface area contributed by atoms with Gasteiger partial charge >= 0.3 is 5.97 Å². The smallest absolute Gasteiger partial charge is 0.326 e. The van der Waals surface area contributed by atoms with E-state index in [1.54, 1.807) is 31.4 Å². The molecule has 0 spiro atoms. The highest BCUT2D eigenvalue weighted by molar-refractivity contribution is 5.90. The van der Waals surface area contributed by atoms with Crippen molar-refractivity contribution in [1.29, 1.82) is 0 Å². The lowest BCUT2D eigenvalue weighted by Gasteiger charge is -2.22. The van der Waals surface area contributed by atoms with Gasteiger partial charge in [0.05, 0.1) is 7.11 Å². The number of rotatable bonds is 9. The van der Waals surface area contributed by atoms with Gasteiger partial charge in [0.15, 0.2) is 0 Å². The number of amides is 2. The fourth-order valence-electron chi connectivity index (χ4n) is 2.42. The molecule has 0 aliphatic rings. The molecule has 0 aromatic heterocycles. The minimum atomic E-state index is -1.09. The highest BCUT2D eigenvalue weighted by Crippen LogP contribution is 2.13. The molecule has 0 heterocycles. The lowest BCUT2D eigenvalue weighted by atomic mass is 10.0. The maximum Gasteiger partial charge on any atom is 0.326 e. The third-order valence-corrected chi connectivity index (χ3v) is 3.61. The van der Waals surface area contributed by atoms with E-state index in [1.807, 2.05) is 13.8 Å². The van der Waals surface area contributed by atoms with Gasteiger partial charge in [0.1, 0.15) is 17.8 Å². The number of hydrogen-bond acceptors (Lipinski definition) is 4. The van der Waals surface area contributed by atoms with Crippen LogP contribution < -0.4 is 15.4 Å². The Bertz CT molecular complexity index is 598. The molecule has 0 saturated carbocycles. The van der Waals surface area contributed by atoms with Crippen molar-refractivity contribution in [2.75, 3.05) is 7.11 Å². The summed E-state index contributed by atoms with van der Waals surface area (Å²) in [5, 5.41) is 14.4. The van der Waals surface area contributed by atoms with Gasteiger partial charge in [-0.2, -0.15) is 0 Å². The number of nitrogens with one attached hydrogen (secondary N) is 2. The normalized spacial score (nSPS) is 13.0. The number of ether oxygens (including phenoxy) is 1. The second-order valence-electron chi connectivity index (χ2n) is 6.33. The summed E-state index contributed by atoms with van der Waals surface area (Å²) >= 11 is 0. The molecule has 0 aliphatic carbocycles. The zero-order valence-corrected chi connectivity index (χ0v) is 15.0. The predicted molar refractivity (Wildman–Crippen MR) is 93.3 cm³/mol. The van der Waals surface area contributed by atoms with Crippen LogP contribution in [-0.4, -0.2) is 42.1 Å².